The van der Waals surface area contributed by atoms with Gasteiger partial charge in [-0.25, -0.2) is 4.98 Å². The first-order chi connectivity index (χ1) is 16.1. The molecule has 0 aliphatic rings. The standard InChI is InChI=1S/C28H31N3O2/c1-21-13-16-24(17-14-21)33-20-8-19-31-26-12-7-6-11-25(26)30-28(31)22(2)29-27(32)18-15-23-9-4-3-5-10-23/h3-7,9-14,16-17,22H,8,15,18-20H2,1-2H3,(H,29,32). The van der Waals surface area contributed by atoms with E-state index in [-0.39, 0.29) is 11.9 Å². The second-order valence-corrected chi connectivity index (χ2v) is 8.40. The van der Waals surface area contributed by atoms with Crippen LogP contribution < -0.4 is 10.1 Å². The SMILES string of the molecule is Cc1ccc(OCCCn2c(C(C)NC(=O)CCc3ccccc3)nc3ccccc32)cc1. The number of hydrogen-bond acceptors (Lipinski definition) is 3. The number of aromatic nitrogens is 2. The van der Waals surface area contributed by atoms with Crippen molar-refractivity contribution in [1.82, 2.24) is 14.9 Å². The molecule has 1 atom stereocenters. The number of rotatable bonds is 10. The Kier molecular flexibility index (Phi) is 7.40. The molecule has 0 saturated heterocycles. The highest BCUT2D eigenvalue weighted by molar-refractivity contribution is 5.78. The molecule has 4 aromatic rings. The zero-order valence-electron chi connectivity index (χ0n) is 19.3. The topological polar surface area (TPSA) is 56.1 Å². The molecule has 0 aliphatic carbocycles. The number of para-hydroxylation sites is 2. The predicted octanol–water partition coefficient (Wildman–Crippen LogP) is 5.62. The lowest BCUT2D eigenvalue weighted by Crippen LogP contribution is -2.29. The van der Waals surface area contributed by atoms with Crippen LogP contribution in [0, 0.1) is 6.92 Å². The third kappa shape index (κ3) is 6.01. The number of nitrogens with zero attached hydrogens (tertiary/aromatic N) is 2. The van der Waals surface area contributed by atoms with Crippen molar-refractivity contribution in [3.8, 4) is 5.75 Å². The first kappa shape index (κ1) is 22.6. The van der Waals surface area contributed by atoms with Gasteiger partial charge in [-0.05, 0) is 56.5 Å². The van der Waals surface area contributed by atoms with E-state index in [1.165, 1.54) is 11.1 Å². The van der Waals surface area contributed by atoms with Crippen LogP contribution in [0.5, 0.6) is 5.75 Å². The van der Waals surface area contributed by atoms with Crippen molar-refractivity contribution in [2.75, 3.05) is 6.61 Å². The molecule has 1 unspecified atom stereocenters. The van der Waals surface area contributed by atoms with Crippen LogP contribution in [0.2, 0.25) is 0 Å². The smallest absolute Gasteiger partial charge is 0.220 e. The van der Waals surface area contributed by atoms with Gasteiger partial charge in [-0.3, -0.25) is 4.79 Å². The van der Waals surface area contributed by atoms with E-state index in [9.17, 15) is 4.79 Å². The van der Waals surface area contributed by atoms with Gasteiger partial charge in [0.1, 0.15) is 11.6 Å². The maximum absolute atomic E-state index is 12.6. The molecule has 4 rings (SSSR count). The number of hydrogen-bond donors (Lipinski definition) is 1. The highest BCUT2D eigenvalue weighted by Crippen LogP contribution is 2.22. The lowest BCUT2D eigenvalue weighted by Gasteiger charge is -2.17. The summed E-state index contributed by atoms with van der Waals surface area (Å²) >= 11 is 0. The van der Waals surface area contributed by atoms with E-state index in [1.54, 1.807) is 0 Å². The number of amides is 1. The van der Waals surface area contributed by atoms with Crippen molar-refractivity contribution >= 4 is 16.9 Å². The molecular formula is C28H31N3O2. The van der Waals surface area contributed by atoms with Gasteiger partial charge in [-0.2, -0.15) is 0 Å². The van der Waals surface area contributed by atoms with Crippen molar-refractivity contribution in [1.29, 1.82) is 0 Å². The molecule has 0 bridgehead atoms. The zero-order valence-corrected chi connectivity index (χ0v) is 19.3. The number of carbonyl (C=O) groups excluding carboxylic acids is 1. The number of ether oxygens (including phenoxy) is 1. The molecule has 1 amide bonds. The molecule has 33 heavy (non-hydrogen) atoms. The fourth-order valence-corrected chi connectivity index (χ4v) is 3.99. The Labute approximate surface area is 195 Å². The summed E-state index contributed by atoms with van der Waals surface area (Å²) in [5.41, 5.74) is 4.41. The van der Waals surface area contributed by atoms with Crippen molar-refractivity contribution in [2.45, 2.75) is 45.7 Å². The molecule has 170 valence electrons. The fraction of sp³-hybridized carbons (Fsp3) is 0.286. The fourth-order valence-electron chi connectivity index (χ4n) is 3.99. The quantitative estimate of drug-likeness (QED) is 0.325. The summed E-state index contributed by atoms with van der Waals surface area (Å²) in [4.78, 5) is 17.4. The van der Waals surface area contributed by atoms with Crippen LogP contribution in [0.1, 0.15) is 42.8 Å². The molecule has 3 aromatic carbocycles. The van der Waals surface area contributed by atoms with Crippen LogP contribution >= 0.6 is 0 Å². The van der Waals surface area contributed by atoms with Crippen LogP contribution in [0.15, 0.2) is 78.9 Å². The van der Waals surface area contributed by atoms with Crippen LogP contribution in [0.25, 0.3) is 11.0 Å². The third-order valence-electron chi connectivity index (χ3n) is 5.75. The Morgan fingerprint density at radius 2 is 1.73 bits per heavy atom. The molecule has 1 aromatic heterocycles. The molecule has 5 heteroatoms. The number of carbonyl (C=O) groups is 1. The monoisotopic (exact) mass is 441 g/mol. The molecule has 5 nitrogen and oxygen atoms in total. The summed E-state index contributed by atoms with van der Waals surface area (Å²) in [6, 6.07) is 26.1. The number of nitrogens with one attached hydrogen (secondary N) is 1. The van der Waals surface area contributed by atoms with Gasteiger partial charge < -0.3 is 14.6 Å². The Balaban J connectivity index is 1.39. The number of benzene rings is 3. The number of aryl methyl sites for hydroxylation is 3. The van der Waals surface area contributed by atoms with E-state index in [2.05, 4.69) is 47.1 Å². The van der Waals surface area contributed by atoms with Gasteiger partial charge in [0.2, 0.25) is 5.91 Å². The van der Waals surface area contributed by atoms with E-state index in [1.807, 2.05) is 55.5 Å². The molecule has 0 fully saturated rings. The summed E-state index contributed by atoms with van der Waals surface area (Å²) < 4.78 is 8.11. The van der Waals surface area contributed by atoms with Gasteiger partial charge in [0, 0.05) is 13.0 Å². The van der Waals surface area contributed by atoms with Crippen molar-refractivity contribution in [2.24, 2.45) is 0 Å². The molecule has 0 saturated carbocycles. The summed E-state index contributed by atoms with van der Waals surface area (Å²) in [7, 11) is 0. The first-order valence-electron chi connectivity index (χ1n) is 11.6. The predicted molar refractivity (Wildman–Crippen MR) is 132 cm³/mol. The van der Waals surface area contributed by atoms with Gasteiger partial charge in [-0.15, -0.1) is 0 Å². The highest BCUT2D eigenvalue weighted by atomic mass is 16.5. The summed E-state index contributed by atoms with van der Waals surface area (Å²) in [5, 5.41) is 3.14. The minimum absolute atomic E-state index is 0.0349. The average molecular weight is 442 g/mol. The minimum atomic E-state index is -0.182. The normalized spacial score (nSPS) is 11.9. The third-order valence-corrected chi connectivity index (χ3v) is 5.75. The second kappa shape index (κ2) is 10.8. The van der Waals surface area contributed by atoms with Gasteiger partial charge in [0.15, 0.2) is 0 Å². The van der Waals surface area contributed by atoms with Gasteiger partial charge >= 0.3 is 0 Å². The summed E-state index contributed by atoms with van der Waals surface area (Å²) in [6.07, 6.45) is 2.03. The molecule has 1 N–H and O–H groups in total. The van der Waals surface area contributed by atoms with Gasteiger partial charge in [-0.1, -0.05) is 60.2 Å². The maximum Gasteiger partial charge on any atom is 0.220 e. The van der Waals surface area contributed by atoms with Crippen LogP contribution in [-0.2, 0) is 17.8 Å². The number of imidazole rings is 1. The summed E-state index contributed by atoms with van der Waals surface area (Å²) in [6.45, 7) is 5.46. The van der Waals surface area contributed by atoms with Gasteiger partial charge in [0.25, 0.3) is 0 Å². The zero-order chi connectivity index (χ0) is 23.0. The van der Waals surface area contributed by atoms with E-state index in [0.717, 1.165) is 42.0 Å². The lowest BCUT2D eigenvalue weighted by molar-refractivity contribution is -0.121. The van der Waals surface area contributed by atoms with Crippen LogP contribution in [-0.4, -0.2) is 22.1 Å². The van der Waals surface area contributed by atoms with Crippen LogP contribution in [0.4, 0.5) is 0 Å². The largest absolute Gasteiger partial charge is 0.494 e. The Morgan fingerprint density at radius 3 is 2.52 bits per heavy atom. The second-order valence-electron chi connectivity index (χ2n) is 8.40. The van der Waals surface area contributed by atoms with Crippen molar-refractivity contribution in [3.05, 3.63) is 95.8 Å². The van der Waals surface area contributed by atoms with Crippen molar-refractivity contribution in [3.63, 3.8) is 0 Å². The summed E-state index contributed by atoms with van der Waals surface area (Å²) in [5.74, 6) is 1.79. The molecular weight excluding hydrogens is 410 g/mol. The first-order valence-corrected chi connectivity index (χ1v) is 11.6. The van der Waals surface area contributed by atoms with E-state index < -0.39 is 0 Å². The lowest BCUT2D eigenvalue weighted by atomic mass is 10.1. The maximum atomic E-state index is 12.6. The average Bonchev–Trinajstić information content (AvgIpc) is 3.21. The highest BCUT2D eigenvalue weighted by Gasteiger charge is 2.18. The minimum Gasteiger partial charge on any atom is -0.494 e. The Bertz CT molecular complexity index is 1180. The van der Waals surface area contributed by atoms with E-state index in [4.69, 9.17) is 9.72 Å². The van der Waals surface area contributed by atoms with Crippen LogP contribution in [0.3, 0.4) is 0 Å². The number of fused-ring (bicyclic) bond motifs is 1. The van der Waals surface area contributed by atoms with Crippen molar-refractivity contribution < 1.29 is 9.53 Å². The van der Waals surface area contributed by atoms with E-state index >= 15 is 0 Å². The Hall–Kier alpha value is -3.60. The molecule has 0 spiro atoms. The molecule has 0 aliphatic heterocycles. The molecule has 0 radical (unpaired) electrons. The molecule has 1 heterocycles. The van der Waals surface area contributed by atoms with Gasteiger partial charge in [0.05, 0.1) is 23.7 Å². The van der Waals surface area contributed by atoms with E-state index in [0.29, 0.717) is 13.0 Å². The Morgan fingerprint density at radius 1 is 1.00 bits per heavy atom.